The summed E-state index contributed by atoms with van der Waals surface area (Å²) in [5.41, 5.74) is 0.117. The molecule has 0 bridgehead atoms. The van der Waals surface area contributed by atoms with Gasteiger partial charge in [0.05, 0.1) is 11.1 Å². The molecule has 0 saturated carbocycles. The molecule has 11 heteroatoms. The number of hydrogen-bond donors (Lipinski definition) is 4. The Balaban J connectivity index is 1.78. The highest BCUT2D eigenvalue weighted by Gasteiger charge is 2.15. The Morgan fingerprint density at radius 1 is 0.800 bits per heavy atom. The number of nitrogens with zero attached hydrogens (tertiary/aromatic N) is 1. The summed E-state index contributed by atoms with van der Waals surface area (Å²) in [6.07, 6.45) is 0. The third kappa shape index (κ3) is 10.1. The van der Waals surface area contributed by atoms with Crippen molar-refractivity contribution in [2.75, 3.05) is 46.9 Å². The smallest absolute Gasteiger partial charge is 0.335 e. The lowest BCUT2D eigenvalue weighted by Crippen LogP contribution is -2.43. The quantitative estimate of drug-likeness (QED) is 0.305. The van der Waals surface area contributed by atoms with Gasteiger partial charge in [-0.15, -0.1) is 0 Å². The third-order valence-electron chi connectivity index (χ3n) is 4.70. The number of nitrogens with one attached hydrogen (secondary N) is 2. The Hall–Kier alpha value is -4.12. The minimum Gasteiger partial charge on any atom is -0.484 e. The number of benzene rings is 2. The van der Waals surface area contributed by atoms with E-state index in [1.165, 1.54) is 36.4 Å². The molecule has 0 aromatic heterocycles. The second kappa shape index (κ2) is 13.6. The van der Waals surface area contributed by atoms with Gasteiger partial charge in [0, 0.05) is 25.6 Å². The first-order valence-corrected chi connectivity index (χ1v) is 10.7. The molecule has 4 N–H and O–H groups in total. The first kappa shape index (κ1) is 27.1. The van der Waals surface area contributed by atoms with Crippen LogP contribution in [-0.4, -0.2) is 85.8 Å². The van der Waals surface area contributed by atoms with Gasteiger partial charge in [0.15, 0.2) is 13.2 Å². The molecule has 0 unspecified atom stereocenters. The molecule has 2 rings (SSSR count). The lowest BCUT2D eigenvalue weighted by Gasteiger charge is -2.22. The lowest BCUT2D eigenvalue weighted by molar-refractivity contribution is -0.123. The molecule has 0 saturated heterocycles. The van der Waals surface area contributed by atoms with Crippen molar-refractivity contribution in [3.05, 3.63) is 59.7 Å². The molecule has 11 nitrogen and oxygen atoms in total. The minimum atomic E-state index is -1.09. The van der Waals surface area contributed by atoms with Crippen LogP contribution in [0.2, 0.25) is 0 Å². The van der Waals surface area contributed by atoms with Gasteiger partial charge >= 0.3 is 11.9 Å². The summed E-state index contributed by atoms with van der Waals surface area (Å²) in [6, 6.07) is 11.7. The van der Waals surface area contributed by atoms with Gasteiger partial charge in [0.25, 0.3) is 11.8 Å². The fourth-order valence-corrected chi connectivity index (χ4v) is 3.07. The number of hydrogen-bond acceptors (Lipinski definition) is 7. The van der Waals surface area contributed by atoms with Crippen LogP contribution in [0.15, 0.2) is 48.5 Å². The zero-order valence-corrected chi connectivity index (χ0v) is 19.5. The van der Waals surface area contributed by atoms with Crippen LogP contribution in [0.5, 0.6) is 11.5 Å². The van der Waals surface area contributed by atoms with Gasteiger partial charge in [-0.3, -0.25) is 9.59 Å². The largest absolute Gasteiger partial charge is 0.484 e. The Labute approximate surface area is 202 Å². The summed E-state index contributed by atoms with van der Waals surface area (Å²) in [4.78, 5) is 48.3. The second-order valence-electron chi connectivity index (χ2n) is 7.98. The molecule has 0 atom stereocenters. The van der Waals surface area contributed by atoms with Crippen molar-refractivity contribution in [1.82, 2.24) is 15.5 Å². The maximum absolute atomic E-state index is 12.2. The van der Waals surface area contributed by atoms with Crippen molar-refractivity contribution in [3.8, 4) is 11.5 Å². The van der Waals surface area contributed by atoms with E-state index in [0.717, 1.165) is 0 Å². The van der Waals surface area contributed by atoms with Gasteiger partial charge in [0.1, 0.15) is 11.5 Å². The lowest BCUT2D eigenvalue weighted by atomic mass is 10.1. The maximum Gasteiger partial charge on any atom is 0.335 e. The maximum atomic E-state index is 12.2. The number of ether oxygens (including phenoxy) is 2. The van der Waals surface area contributed by atoms with Crippen molar-refractivity contribution >= 4 is 23.8 Å². The Morgan fingerprint density at radius 2 is 1.23 bits per heavy atom. The monoisotopic (exact) mass is 487 g/mol. The number of carbonyl (C=O) groups excluding carboxylic acids is 2. The van der Waals surface area contributed by atoms with Crippen LogP contribution in [0.25, 0.3) is 0 Å². The fourth-order valence-electron chi connectivity index (χ4n) is 3.07. The van der Waals surface area contributed by atoms with Gasteiger partial charge in [-0.25, -0.2) is 9.59 Å². The van der Waals surface area contributed by atoms with E-state index < -0.39 is 11.9 Å². The summed E-state index contributed by atoms with van der Waals surface area (Å²) < 4.78 is 10.7. The van der Waals surface area contributed by atoms with E-state index in [1.54, 1.807) is 12.1 Å². The zero-order chi connectivity index (χ0) is 25.8. The van der Waals surface area contributed by atoms with Crippen LogP contribution in [0, 0.1) is 5.92 Å². The first-order valence-electron chi connectivity index (χ1n) is 10.7. The van der Waals surface area contributed by atoms with Crippen molar-refractivity contribution in [1.29, 1.82) is 0 Å². The van der Waals surface area contributed by atoms with E-state index in [2.05, 4.69) is 10.6 Å². The SMILES string of the molecule is CN(C)CC(CNC(=O)COc1cccc(C(=O)O)c1)CNC(=O)COc1cccc(C(=O)O)c1. The molecule has 0 aliphatic heterocycles. The Bertz CT molecular complexity index is 963. The molecule has 0 fully saturated rings. The summed E-state index contributed by atoms with van der Waals surface area (Å²) >= 11 is 0. The number of amides is 2. The van der Waals surface area contributed by atoms with Crippen LogP contribution in [-0.2, 0) is 9.59 Å². The molecule has 2 amide bonds. The van der Waals surface area contributed by atoms with Gasteiger partial charge in [0.2, 0.25) is 0 Å². The predicted octanol–water partition coefficient (Wildman–Crippen LogP) is 0.951. The van der Waals surface area contributed by atoms with Crippen molar-refractivity contribution in [2.24, 2.45) is 5.92 Å². The average molecular weight is 488 g/mol. The molecule has 0 spiro atoms. The number of rotatable bonds is 14. The van der Waals surface area contributed by atoms with E-state index in [-0.39, 0.29) is 66.7 Å². The molecule has 35 heavy (non-hydrogen) atoms. The number of carboxylic acid groups (broad SMARTS) is 2. The number of carbonyl (C=O) groups is 4. The van der Waals surface area contributed by atoms with Crippen molar-refractivity contribution in [3.63, 3.8) is 0 Å². The third-order valence-corrected chi connectivity index (χ3v) is 4.70. The van der Waals surface area contributed by atoms with Gasteiger partial charge in [-0.05, 0) is 50.5 Å². The van der Waals surface area contributed by atoms with Gasteiger partial charge < -0.3 is 35.2 Å². The minimum absolute atomic E-state index is 0.0586. The highest BCUT2D eigenvalue weighted by molar-refractivity contribution is 5.88. The molecular weight excluding hydrogens is 458 g/mol. The van der Waals surface area contributed by atoms with E-state index >= 15 is 0 Å². The van der Waals surface area contributed by atoms with Crippen molar-refractivity contribution < 1.29 is 38.9 Å². The van der Waals surface area contributed by atoms with Crippen LogP contribution >= 0.6 is 0 Å². The van der Waals surface area contributed by atoms with Crippen LogP contribution in [0.3, 0.4) is 0 Å². The zero-order valence-electron chi connectivity index (χ0n) is 19.5. The van der Waals surface area contributed by atoms with Gasteiger partial charge in [-0.2, -0.15) is 0 Å². The van der Waals surface area contributed by atoms with E-state index in [9.17, 15) is 19.2 Å². The fraction of sp³-hybridized carbons (Fsp3) is 0.333. The molecular formula is C24H29N3O8. The van der Waals surface area contributed by atoms with E-state index in [4.69, 9.17) is 19.7 Å². The highest BCUT2D eigenvalue weighted by atomic mass is 16.5. The topological polar surface area (TPSA) is 154 Å². The average Bonchev–Trinajstić information content (AvgIpc) is 2.83. The van der Waals surface area contributed by atoms with Crippen LogP contribution < -0.4 is 20.1 Å². The summed E-state index contributed by atoms with van der Waals surface area (Å²) in [7, 11) is 3.74. The van der Waals surface area contributed by atoms with Crippen molar-refractivity contribution in [2.45, 2.75) is 0 Å². The summed E-state index contributed by atoms with van der Waals surface area (Å²) in [5, 5.41) is 23.5. The van der Waals surface area contributed by atoms with Gasteiger partial charge in [-0.1, -0.05) is 12.1 Å². The summed E-state index contributed by atoms with van der Waals surface area (Å²) in [5.74, 6) is -2.52. The standard InChI is InChI=1S/C24H29N3O8/c1-27(2)13-16(11-25-21(28)14-34-19-7-3-5-17(9-19)23(30)31)12-26-22(29)15-35-20-8-4-6-18(10-20)24(32)33/h3-10,16H,11-15H2,1-2H3,(H,25,28)(H,26,29)(H,30,31)(H,32,33). The summed E-state index contributed by atoms with van der Waals surface area (Å²) in [6.45, 7) is 0.568. The predicted molar refractivity (Wildman–Crippen MR) is 126 cm³/mol. The molecule has 0 heterocycles. The molecule has 0 aliphatic rings. The number of carboxylic acids is 2. The Kier molecular flexibility index (Phi) is 10.5. The Morgan fingerprint density at radius 3 is 1.60 bits per heavy atom. The van der Waals surface area contributed by atoms with E-state index in [1.807, 2.05) is 19.0 Å². The second-order valence-corrected chi connectivity index (χ2v) is 7.98. The highest BCUT2D eigenvalue weighted by Crippen LogP contribution is 2.14. The normalized spacial score (nSPS) is 10.6. The van der Waals surface area contributed by atoms with Crippen LogP contribution in [0.4, 0.5) is 0 Å². The number of aromatic carboxylic acids is 2. The van der Waals surface area contributed by atoms with Crippen LogP contribution in [0.1, 0.15) is 20.7 Å². The molecule has 0 radical (unpaired) electrons. The molecule has 0 aliphatic carbocycles. The van der Waals surface area contributed by atoms with E-state index in [0.29, 0.717) is 6.54 Å². The first-order chi connectivity index (χ1) is 16.6. The molecule has 2 aromatic carbocycles. The molecule has 188 valence electrons. The molecule has 2 aromatic rings.